The molecule has 2 heterocycles. The molecule has 1 N–H and O–H groups in total. The second-order valence-electron chi connectivity index (χ2n) is 4.91. The van der Waals surface area contributed by atoms with Crippen LogP contribution in [0.5, 0.6) is 0 Å². The Morgan fingerprint density at radius 3 is 2.94 bits per heavy atom. The number of likely N-dealkylation sites (tertiary alicyclic amines) is 1. The van der Waals surface area contributed by atoms with Gasteiger partial charge in [-0.15, -0.1) is 5.10 Å². The molecule has 0 spiro atoms. The normalized spacial score (nSPS) is 26.8. The van der Waals surface area contributed by atoms with Crippen LogP contribution in [-0.4, -0.2) is 39.7 Å². The molecule has 5 heteroatoms. The van der Waals surface area contributed by atoms with Crippen LogP contribution in [0.2, 0.25) is 0 Å². The lowest BCUT2D eigenvalue weighted by Gasteiger charge is -2.20. The van der Waals surface area contributed by atoms with Crippen molar-refractivity contribution < 1.29 is 0 Å². The summed E-state index contributed by atoms with van der Waals surface area (Å²) in [5.74, 6) is 0.717. The van der Waals surface area contributed by atoms with Crippen LogP contribution in [0.15, 0.2) is 5.38 Å². The van der Waals surface area contributed by atoms with Gasteiger partial charge in [-0.05, 0) is 31.3 Å². The molecule has 0 aromatic carbocycles. The summed E-state index contributed by atoms with van der Waals surface area (Å²) >= 11 is 1.42. The summed E-state index contributed by atoms with van der Waals surface area (Å²) in [6.07, 6.45) is 0. The molecule has 4 nitrogen and oxygen atoms in total. The summed E-state index contributed by atoms with van der Waals surface area (Å²) in [7, 11) is 0. The van der Waals surface area contributed by atoms with E-state index in [2.05, 4.69) is 40.6 Å². The Balaban J connectivity index is 1.82. The minimum atomic E-state index is 0.587. The summed E-state index contributed by atoms with van der Waals surface area (Å²) < 4.78 is 3.87. The number of nitrogens with one attached hydrogen (secondary N) is 1. The third-order valence-corrected chi connectivity index (χ3v) is 3.87. The molecule has 0 radical (unpaired) electrons. The summed E-state index contributed by atoms with van der Waals surface area (Å²) in [5, 5.41) is 9.64. The molecule has 0 saturated carbocycles. The molecular formula is C11H20N4S. The fraction of sp³-hybridized carbons (Fsp3) is 0.818. The predicted molar refractivity (Wildman–Crippen MR) is 66.4 cm³/mol. The van der Waals surface area contributed by atoms with Gasteiger partial charge in [0.1, 0.15) is 0 Å². The van der Waals surface area contributed by atoms with Crippen molar-refractivity contribution in [3.05, 3.63) is 11.1 Å². The van der Waals surface area contributed by atoms with Gasteiger partial charge < -0.3 is 5.32 Å². The van der Waals surface area contributed by atoms with Crippen molar-refractivity contribution in [2.24, 2.45) is 5.92 Å². The molecule has 0 bridgehead atoms. The molecule has 2 unspecified atom stereocenters. The quantitative estimate of drug-likeness (QED) is 0.862. The van der Waals surface area contributed by atoms with Crippen LogP contribution in [0, 0.1) is 5.92 Å². The lowest BCUT2D eigenvalue weighted by Crippen LogP contribution is -2.36. The van der Waals surface area contributed by atoms with Crippen LogP contribution >= 0.6 is 11.5 Å². The summed E-state index contributed by atoms with van der Waals surface area (Å²) in [6.45, 7) is 10.0. The van der Waals surface area contributed by atoms with Gasteiger partial charge in [-0.25, -0.2) is 0 Å². The van der Waals surface area contributed by atoms with Crippen molar-refractivity contribution in [1.82, 2.24) is 19.8 Å². The molecular weight excluding hydrogens is 220 g/mol. The molecule has 1 aromatic rings. The lowest BCUT2D eigenvalue weighted by molar-refractivity contribution is 0.264. The average Bonchev–Trinajstić information content (AvgIpc) is 2.84. The molecule has 0 amide bonds. The zero-order valence-electron chi connectivity index (χ0n) is 10.2. The van der Waals surface area contributed by atoms with Crippen molar-refractivity contribution >= 4 is 11.5 Å². The molecule has 1 fully saturated rings. The van der Waals surface area contributed by atoms with Gasteiger partial charge in [0, 0.05) is 37.1 Å². The van der Waals surface area contributed by atoms with E-state index in [1.807, 2.05) is 5.38 Å². The van der Waals surface area contributed by atoms with E-state index >= 15 is 0 Å². The molecule has 90 valence electrons. The van der Waals surface area contributed by atoms with E-state index in [4.69, 9.17) is 0 Å². The average molecular weight is 240 g/mol. The molecule has 0 aliphatic carbocycles. The molecule has 1 aliphatic rings. The Morgan fingerprint density at radius 2 is 2.38 bits per heavy atom. The number of hydrogen-bond acceptors (Lipinski definition) is 5. The molecule has 1 aliphatic heterocycles. The number of rotatable bonds is 4. The molecule has 16 heavy (non-hydrogen) atoms. The highest BCUT2D eigenvalue weighted by Gasteiger charge is 2.30. The minimum absolute atomic E-state index is 0.587. The number of hydrogen-bond donors (Lipinski definition) is 1. The molecule has 1 saturated heterocycles. The highest BCUT2D eigenvalue weighted by Crippen LogP contribution is 2.18. The Labute approximate surface area is 101 Å². The number of nitrogens with zero attached hydrogens (tertiary/aromatic N) is 3. The molecule has 1 aromatic heterocycles. The van der Waals surface area contributed by atoms with Gasteiger partial charge in [0.2, 0.25) is 0 Å². The Morgan fingerprint density at radius 1 is 1.56 bits per heavy atom. The predicted octanol–water partition coefficient (Wildman–Crippen LogP) is 1.36. The van der Waals surface area contributed by atoms with Crippen molar-refractivity contribution in [2.45, 2.75) is 39.4 Å². The van der Waals surface area contributed by atoms with Crippen LogP contribution in [-0.2, 0) is 6.54 Å². The van der Waals surface area contributed by atoms with E-state index in [0.29, 0.717) is 18.0 Å². The SMILES string of the molecule is CC1CN(C(C)C)CC1NCc1csnn1. The van der Waals surface area contributed by atoms with Gasteiger partial charge in [0.15, 0.2) is 0 Å². The highest BCUT2D eigenvalue weighted by atomic mass is 32.1. The van der Waals surface area contributed by atoms with Crippen LogP contribution in [0.25, 0.3) is 0 Å². The van der Waals surface area contributed by atoms with E-state index in [0.717, 1.165) is 18.8 Å². The van der Waals surface area contributed by atoms with Gasteiger partial charge in [-0.3, -0.25) is 4.90 Å². The van der Waals surface area contributed by atoms with Gasteiger partial charge in [0.25, 0.3) is 0 Å². The van der Waals surface area contributed by atoms with E-state index in [9.17, 15) is 0 Å². The van der Waals surface area contributed by atoms with Gasteiger partial charge >= 0.3 is 0 Å². The fourth-order valence-corrected chi connectivity index (χ4v) is 2.64. The fourth-order valence-electron chi connectivity index (χ4n) is 2.19. The minimum Gasteiger partial charge on any atom is -0.307 e. The third-order valence-electron chi connectivity index (χ3n) is 3.32. The smallest absolute Gasteiger partial charge is 0.0893 e. The first-order valence-corrected chi connectivity index (χ1v) is 6.74. The van der Waals surface area contributed by atoms with Crippen molar-refractivity contribution in [2.75, 3.05) is 13.1 Å². The van der Waals surface area contributed by atoms with Crippen molar-refractivity contribution in [1.29, 1.82) is 0 Å². The number of aromatic nitrogens is 2. The maximum atomic E-state index is 4.05. The van der Waals surface area contributed by atoms with E-state index in [-0.39, 0.29) is 0 Å². The Hall–Kier alpha value is -0.520. The topological polar surface area (TPSA) is 41.0 Å². The Kier molecular flexibility index (Phi) is 3.89. The first kappa shape index (κ1) is 12.0. The highest BCUT2D eigenvalue weighted by molar-refractivity contribution is 7.03. The van der Waals surface area contributed by atoms with Crippen LogP contribution in [0.4, 0.5) is 0 Å². The van der Waals surface area contributed by atoms with Crippen LogP contribution in [0.1, 0.15) is 26.5 Å². The van der Waals surface area contributed by atoms with Gasteiger partial charge in [-0.2, -0.15) is 0 Å². The second-order valence-corrected chi connectivity index (χ2v) is 5.52. The molecule has 2 atom stereocenters. The first-order chi connectivity index (χ1) is 7.66. The summed E-state index contributed by atoms with van der Waals surface area (Å²) in [6, 6.07) is 1.24. The Bertz CT molecular complexity index is 312. The van der Waals surface area contributed by atoms with Crippen molar-refractivity contribution in [3.8, 4) is 0 Å². The maximum Gasteiger partial charge on any atom is 0.0893 e. The first-order valence-electron chi connectivity index (χ1n) is 5.90. The summed E-state index contributed by atoms with van der Waals surface area (Å²) in [4.78, 5) is 2.53. The largest absolute Gasteiger partial charge is 0.307 e. The van der Waals surface area contributed by atoms with E-state index in [1.165, 1.54) is 18.1 Å². The maximum absolute atomic E-state index is 4.05. The van der Waals surface area contributed by atoms with Crippen molar-refractivity contribution in [3.63, 3.8) is 0 Å². The van der Waals surface area contributed by atoms with Gasteiger partial charge in [-0.1, -0.05) is 11.4 Å². The van der Waals surface area contributed by atoms with E-state index < -0.39 is 0 Å². The van der Waals surface area contributed by atoms with Gasteiger partial charge in [0.05, 0.1) is 5.69 Å². The zero-order chi connectivity index (χ0) is 11.5. The molecule has 2 rings (SSSR count). The monoisotopic (exact) mass is 240 g/mol. The van der Waals surface area contributed by atoms with Crippen LogP contribution in [0.3, 0.4) is 0 Å². The van der Waals surface area contributed by atoms with Crippen LogP contribution < -0.4 is 5.32 Å². The second kappa shape index (κ2) is 5.21. The lowest BCUT2D eigenvalue weighted by atomic mass is 10.1. The third kappa shape index (κ3) is 2.78. The summed E-state index contributed by atoms with van der Waals surface area (Å²) in [5.41, 5.74) is 1.06. The van der Waals surface area contributed by atoms with E-state index in [1.54, 1.807) is 0 Å². The zero-order valence-corrected chi connectivity index (χ0v) is 11.0. The standard InChI is InChI=1S/C11H20N4S/c1-8(2)15-5-9(3)11(6-15)12-4-10-7-16-14-13-10/h7-9,11-12H,4-6H2,1-3H3.